The van der Waals surface area contributed by atoms with Crippen LogP contribution in [0.3, 0.4) is 0 Å². The number of piperidine rings is 1. The fourth-order valence-corrected chi connectivity index (χ4v) is 3.77. The van der Waals surface area contributed by atoms with Crippen molar-refractivity contribution in [2.24, 2.45) is 0 Å². The maximum atomic E-state index is 12.5. The molecule has 7 heteroatoms. The van der Waals surface area contributed by atoms with Crippen molar-refractivity contribution in [2.45, 2.75) is 65.6 Å². The number of ether oxygens (including phenoxy) is 2. The zero-order chi connectivity index (χ0) is 21.0. The Morgan fingerprint density at radius 3 is 2.59 bits per heavy atom. The predicted molar refractivity (Wildman–Crippen MR) is 107 cm³/mol. The third-order valence-electron chi connectivity index (χ3n) is 5.44. The fourth-order valence-electron chi connectivity index (χ4n) is 3.77. The number of rotatable bonds is 6. The topological polar surface area (TPSA) is 81.9 Å². The quantitative estimate of drug-likeness (QED) is 0.686. The molecule has 3 rings (SSSR count). The zero-order valence-electron chi connectivity index (χ0n) is 17.4. The highest BCUT2D eigenvalue weighted by molar-refractivity contribution is 5.91. The molecular weight excluding hydrogens is 372 g/mol. The lowest BCUT2D eigenvalue weighted by Gasteiger charge is -2.38. The van der Waals surface area contributed by atoms with Gasteiger partial charge < -0.3 is 18.9 Å². The molecule has 2 heterocycles. The summed E-state index contributed by atoms with van der Waals surface area (Å²) in [6.07, 6.45) is 3.08. The summed E-state index contributed by atoms with van der Waals surface area (Å²) in [6, 6.07) is 7.07. The van der Waals surface area contributed by atoms with Crippen molar-refractivity contribution >= 4 is 11.9 Å². The highest BCUT2D eigenvalue weighted by Gasteiger charge is 2.29. The molecule has 0 saturated carbocycles. The third-order valence-corrected chi connectivity index (χ3v) is 5.44. The molecule has 0 N–H and O–H groups in total. The lowest BCUT2D eigenvalue weighted by atomic mass is 9.97. The summed E-state index contributed by atoms with van der Waals surface area (Å²) in [5, 5.41) is 3.90. The number of benzene rings is 1. The van der Waals surface area contributed by atoms with Gasteiger partial charge in [0.1, 0.15) is 18.1 Å². The number of likely N-dealkylation sites (tertiary alicyclic amines) is 1. The maximum absolute atomic E-state index is 12.5. The van der Waals surface area contributed by atoms with E-state index >= 15 is 0 Å². The van der Waals surface area contributed by atoms with E-state index < -0.39 is 5.97 Å². The molecule has 2 atom stereocenters. The van der Waals surface area contributed by atoms with Crippen LogP contribution in [0.1, 0.15) is 60.5 Å². The van der Waals surface area contributed by atoms with E-state index in [1.54, 1.807) is 24.3 Å². The number of amides is 1. The molecule has 0 radical (unpaired) electrons. The Kier molecular flexibility index (Phi) is 6.56. The number of aromatic nitrogens is 1. The predicted octanol–water partition coefficient (Wildman–Crippen LogP) is 3.82. The Hall–Kier alpha value is -2.83. The monoisotopic (exact) mass is 400 g/mol. The summed E-state index contributed by atoms with van der Waals surface area (Å²) in [5.74, 6) is 0.545. The zero-order valence-corrected chi connectivity index (χ0v) is 17.4. The number of carbonyl (C=O) groups excluding carboxylic acids is 2. The second-order valence-electron chi connectivity index (χ2n) is 7.63. The van der Waals surface area contributed by atoms with E-state index in [0.29, 0.717) is 23.7 Å². The molecule has 29 heavy (non-hydrogen) atoms. The van der Waals surface area contributed by atoms with Gasteiger partial charge in [-0.3, -0.25) is 4.79 Å². The van der Waals surface area contributed by atoms with E-state index in [1.165, 1.54) is 0 Å². The molecule has 1 amide bonds. The fraction of sp³-hybridized carbons (Fsp3) is 0.500. The first-order chi connectivity index (χ1) is 13.9. The number of esters is 1. The average molecular weight is 400 g/mol. The molecule has 0 spiro atoms. The van der Waals surface area contributed by atoms with Crippen LogP contribution in [0.4, 0.5) is 0 Å². The largest absolute Gasteiger partial charge is 0.489 e. The third kappa shape index (κ3) is 4.96. The maximum Gasteiger partial charge on any atom is 0.338 e. The van der Waals surface area contributed by atoms with Gasteiger partial charge in [0.2, 0.25) is 0 Å². The van der Waals surface area contributed by atoms with Crippen LogP contribution in [0.25, 0.3) is 0 Å². The van der Waals surface area contributed by atoms with Gasteiger partial charge in [0.05, 0.1) is 16.8 Å². The van der Waals surface area contributed by atoms with Crippen LogP contribution in [-0.2, 0) is 16.1 Å². The van der Waals surface area contributed by atoms with Crippen LogP contribution in [0.2, 0.25) is 0 Å². The Morgan fingerprint density at radius 1 is 1.21 bits per heavy atom. The number of carbonyl (C=O) groups is 2. The first-order valence-corrected chi connectivity index (χ1v) is 9.99. The first kappa shape index (κ1) is 20.9. The highest BCUT2D eigenvalue weighted by atomic mass is 16.5. The minimum Gasteiger partial charge on any atom is -0.489 e. The van der Waals surface area contributed by atoms with Crippen molar-refractivity contribution in [3.05, 3.63) is 46.8 Å². The summed E-state index contributed by atoms with van der Waals surface area (Å²) in [4.78, 5) is 26.8. The minimum atomic E-state index is -0.543. The molecule has 1 aromatic carbocycles. The number of hydrogen-bond acceptors (Lipinski definition) is 6. The van der Waals surface area contributed by atoms with Gasteiger partial charge in [0, 0.05) is 12.1 Å². The van der Waals surface area contributed by atoms with Crippen molar-refractivity contribution < 1.29 is 23.6 Å². The van der Waals surface area contributed by atoms with Crippen molar-refractivity contribution in [3.63, 3.8) is 0 Å². The van der Waals surface area contributed by atoms with Crippen molar-refractivity contribution in [1.29, 1.82) is 0 Å². The lowest BCUT2D eigenvalue weighted by Crippen LogP contribution is -2.49. The molecule has 2 aromatic rings. The van der Waals surface area contributed by atoms with Crippen LogP contribution in [0.15, 0.2) is 28.8 Å². The van der Waals surface area contributed by atoms with Crippen LogP contribution in [-0.4, -0.2) is 40.6 Å². The van der Waals surface area contributed by atoms with E-state index in [4.69, 9.17) is 14.0 Å². The van der Waals surface area contributed by atoms with Crippen molar-refractivity contribution in [1.82, 2.24) is 10.1 Å². The van der Waals surface area contributed by atoms with Crippen LogP contribution >= 0.6 is 0 Å². The molecule has 1 aromatic heterocycles. The standard InChI is InChI=1S/C22H28N2O5/c1-14-7-5-8-15(2)24(14)21(25)13-28-22(26)18-9-6-10-19(11-18)27-12-20-16(3)23-29-17(20)4/h6,9-11,14-15H,5,7-8,12-13H2,1-4H3/t14-,15+. The SMILES string of the molecule is Cc1noc(C)c1COc1cccc(C(=O)OCC(=O)N2[C@H](C)CCC[C@@H]2C)c1. The Morgan fingerprint density at radius 2 is 1.93 bits per heavy atom. The second kappa shape index (κ2) is 9.11. The van der Waals surface area contributed by atoms with Crippen LogP contribution < -0.4 is 4.74 Å². The van der Waals surface area contributed by atoms with Gasteiger partial charge in [-0.1, -0.05) is 11.2 Å². The van der Waals surface area contributed by atoms with E-state index in [1.807, 2.05) is 32.6 Å². The summed E-state index contributed by atoms with van der Waals surface area (Å²) in [6.45, 7) is 7.79. The van der Waals surface area contributed by atoms with Gasteiger partial charge in [-0.25, -0.2) is 4.79 Å². The lowest BCUT2D eigenvalue weighted by molar-refractivity contribution is -0.140. The molecule has 1 aliphatic rings. The molecule has 1 fully saturated rings. The molecule has 7 nitrogen and oxygen atoms in total. The van der Waals surface area contributed by atoms with Gasteiger partial charge >= 0.3 is 5.97 Å². The smallest absolute Gasteiger partial charge is 0.338 e. The molecule has 156 valence electrons. The molecule has 0 aliphatic carbocycles. The van der Waals surface area contributed by atoms with Crippen molar-refractivity contribution in [2.75, 3.05) is 6.61 Å². The number of hydrogen-bond donors (Lipinski definition) is 0. The van der Waals surface area contributed by atoms with E-state index in [-0.39, 0.29) is 24.6 Å². The molecule has 0 bridgehead atoms. The molecule has 1 aliphatic heterocycles. The van der Waals surface area contributed by atoms with E-state index in [0.717, 1.165) is 30.5 Å². The Labute approximate surface area is 171 Å². The molecule has 0 unspecified atom stereocenters. The summed E-state index contributed by atoms with van der Waals surface area (Å²) >= 11 is 0. The van der Waals surface area contributed by atoms with Crippen LogP contribution in [0.5, 0.6) is 5.75 Å². The average Bonchev–Trinajstić information content (AvgIpc) is 3.02. The van der Waals surface area contributed by atoms with Gasteiger partial charge in [0.15, 0.2) is 6.61 Å². The van der Waals surface area contributed by atoms with E-state index in [9.17, 15) is 9.59 Å². The summed E-state index contributed by atoms with van der Waals surface area (Å²) in [7, 11) is 0. The van der Waals surface area contributed by atoms with Crippen molar-refractivity contribution in [3.8, 4) is 5.75 Å². The Balaban J connectivity index is 1.57. The van der Waals surface area contributed by atoms with E-state index in [2.05, 4.69) is 5.16 Å². The van der Waals surface area contributed by atoms with Gasteiger partial charge in [-0.2, -0.15) is 0 Å². The van der Waals surface area contributed by atoms with Crippen LogP contribution in [0, 0.1) is 13.8 Å². The number of aryl methyl sites for hydroxylation is 2. The summed E-state index contributed by atoms with van der Waals surface area (Å²) in [5.41, 5.74) is 2.00. The highest BCUT2D eigenvalue weighted by Crippen LogP contribution is 2.23. The van der Waals surface area contributed by atoms with Gasteiger partial charge in [-0.05, 0) is 65.2 Å². The second-order valence-corrected chi connectivity index (χ2v) is 7.63. The normalized spacial score (nSPS) is 19.1. The number of nitrogens with zero attached hydrogens (tertiary/aromatic N) is 2. The van der Waals surface area contributed by atoms with Gasteiger partial charge in [0.25, 0.3) is 5.91 Å². The summed E-state index contributed by atoms with van der Waals surface area (Å²) < 4.78 is 16.2. The minimum absolute atomic E-state index is 0.149. The molecular formula is C22H28N2O5. The first-order valence-electron chi connectivity index (χ1n) is 9.99. The van der Waals surface area contributed by atoms with Gasteiger partial charge in [-0.15, -0.1) is 0 Å². The molecule has 1 saturated heterocycles. The Bertz CT molecular complexity index is 846.